The van der Waals surface area contributed by atoms with Crippen LogP contribution in [0.1, 0.15) is 30.9 Å². The van der Waals surface area contributed by atoms with E-state index in [-0.39, 0.29) is 18.0 Å². The molecule has 1 atom stereocenters. The molecule has 0 spiro atoms. The van der Waals surface area contributed by atoms with E-state index in [1.165, 1.54) is 0 Å². The van der Waals surface area contributed by atoms with Crippen LogP contribution >= 0.6 is 0 Å². The monoisotopic (exact) mass is 253 g/mol. The van der Waals surface area contributed by atoms with Crippen LogP contribution in [0.15, 0.2) is 12.1 Å². The molecule has 1 aromatic carbocycles. The summed E-state index contributed by atoms with van der Waals surface area (Å²) in [5, 5.41) is 3.38. The van der Waals surface area contributed by atoms with Crippen molar-refractivity contribution in [2.75, 3.05) is 20.8 Å². The maximum Gasteiger partial charge on any atom is 0.137 e. The van der Waals surface area contributed by atoms with Crippen molar-refractivity contribution in [2.45, 2.75) is 31.9 Å². The van der Waals surface area contributed by atoms with Gasteiger partial charge in [-0.05, 0) is 32.4 Å². The number of methoxy groups -OCH3 is 2. The molecule has 1 N–H and O–H groups in total. The number of hydrogen-bond donors (Lipinski definition) is 1. The molecule has 0 radical (unpaired) electrons. The Morgan fingerprint density at radius 2 is 2.17 bits per heavy atom. The van der Waals surface area contributed by atoms with Gasteiger partial charge < -0.3 is 14.8 Å². The lowest BCUT2D eigenvalue weighted by Gasteiger charge is -2.27. The third-order valence-electron chi connectivity index (χ3n) is 3.67. The topological polar surface area (TPSA) is 30.5 Å². The van der Waals surface area contributed by atoms with Gasteiger partial charge in [-0.15, -0.1) is 0 Å². The van der Waals surface area contributed by atoms with Crippen LogP contribution in [0.4, 0.5) is 4.39 Å². The predicted octanol–water partition coefficient (Wildman–Crippen LogP) is 2.58. The van der Waals surface area contributed by atoms with E-state index in [2.05, 4.69) is 5.32 Å². The second-order valence-electron chi connectivity index (χ2n) is 4.90. The minimum absolute atomic E-state index is 0.215. The zero-order valence-electron chi connectivity index (χ0n) is 11.2. The van der Waals surface area contributed by atoms with E-state index in [1.807, 2.05) is 19.1 Å². The Bertz CT molecular complexity index is 428. The summed E-state index contributed by atoms with van der Waals surface area (Å²) in [5.74, 6) is 0.327. The van der Waals surface area contributed by atoms with Crippen LogP contribution in [0.25, 0.3) is 0 Å². The summed E-state index contributed by atoms with van der Waals surface area (Å²) in [6, 6.07) is 3.63. The molecule has 0 aromatic heterocycles. The van der Waals surface area contributed by atoms with Crippen molar-refractivity contribution in [1.29, 1.82) is 0 Å². The van der Waals surface area contributed by atoms with Crippen LogP contribution in [0.2, 0.25) is 0 Å². The van der Waals surface area contributed by atoms with E-state index < -0.39 is 0 Å². The second-order valence-corrected chi connectivity index (χ2v) is 4.90. The molecular weight excluding hydrogens is 233 g/mol. The third kappa shape index (κ3) is 2.22. The van der Waals surface area contributed by atoms with Crippen molar-refractivity contribution < 1.29 is 13.9 Å². The molecule has 18 heavy (non-hydrogen) atoms. The SMILES string of the molecule is COCc1c(OC)ccc(C2(C)CCCN2)c1F. The molecule has 2 rings (SSSR count). The first kappa shape index (κ1) is 13.3. The number of nitrogens with one attached hydrogen (secondary N) is 1. The van der Waals surface area contributed by atoms with E-state index >= 15 is 0 Å². The van der Waals surface area contributed by atoms with Gasteiger partial charge in [0.25, 0.3) is 0 Å². The fourth-order valence-electron chi connectivity index (χ4n) is 2.62. The van der Waals surface area contributed by atoms with Crippen molar-refractivity contribution in [3.8, 4) is 5.75 Å². The summed E-state index contributed by atoms with van der Waals surface area (Å²) in [7, 11) is 3.10. The third-order valence-corrected chi connectivity index (χ3v) is 3.67. The Labute approximate surface area is 107 Å². The number of hydrogen-bond acceptors (Lipinski definition) is 3. The molecule has 0 aliphatic carbocycles. The molecule has 0 amide bonds. The summed E-state index contributed by atoms with van der Waals surface area (Å²) in [6.45, 7) is 3.20. The van der Waals surface area contributed by atoms with Gasteiger partial charge in [0.05, 0.1) is 19.3 Å². The number of benzene rings is 1. The molecule has 1 fully saturated rings. The van der Waals surface area contributed by atoms with Gasteiger partial charge in [0.2, 0.25) is 0 Å². The predicted molar refractivity (Wildman–Crippen MR) is 68.3 cm³/mol. The van der Waals surface area contributed by atoms with Gasteiger partial charge in [-0.25, -0.2) is 4.39 Å². The van der Waals surface area contributed by atoms with E-state index in [1.54, 1.807) is 14.2 Å². The van der Waals surface area contributed by atoms with E-state index in [0.717, 1.165) is 19.4 Å². The lowest BCUT2D eigenvalue weighted by Crippen LogP contribution is -2.34. The van der Waals surface area contributed by atoms with Crippen molar-refractivity contribution in [1.82, 2.24) is 5.32 Å². The van der Waals surface area contributed by atoms with Crippen molar-refractivity contribution >= 4 is 0 Å². The number of rotatable bonds is 4. The molecule has 1 unspecified atom stereocenters. The van der Waals surface area contributed by atoms with Gasteiger partial charge in [-0.1, -0.05) is 6.07 Å². The highest BCUT2D eigenvalue weighted by Gasteiger charge is 2.33. The summed E-state index contributed by atoms with van der Waals surface area (Å²) in [5.41, 5.74) is 0.916. The smallest absolute Gasteiger partial charge is 0.137 e. The van der Waals surface area contributed by atoms with Crippen LogP contribution in [0, 0.1) is 5.82 Å². The molecule has 4 heteroatoms. The quantitative estimate of drug-likeness (QED) is 0.894. The first-order chi connectivity index (χ1) is 8.62. The van der Waals surface area contributed by atoms with Crippen LogP contribution in [0.3, 0.4) is 0 Å². The molecule has 1 aliphatic heterocycles. The maximum absolute atomic E-state index is 14.6. The van der Waals surface area contributed by atoms with Gasteiger partial charge in [-0.2, -0.15) is 0 Å². The first-order valence-corrected chi connectivity index (χ1v) is 6.22. The molecule has 1 aromatic rings. The average molecular weight is 253 g/mol. The van der Waals surface area contributed by atoms with Crippen LogP contribution in [0.5, 0.6) is 5.75 Å². The highest BCUT2D eigenvalue weighted by atomic mass is 19.1. The van der Waals surface area contributed by atoms with Crippen molar-refractivity contribution in [2.24, 2.45) is 0 Å². The highest BCUT2D eigenvalue weighted by molar-refractivity contribution is 5.41. The van der Waals surface area contributed by atoms with Crippen LogP contribution < -0.4 is 10.1 Å². The summed E-state index contributed by atoms with van der Waals surface area (Å²) in [6.07, 6.45) is 2.02. The van der Waals surface area contributed by atoms with Gasteiger partial charge in [0.1, 0.15) is 11.6 Å². The first-order valence-electron chi connectivity index (χ1n) is 6.22. The Balaban J connectivity index is 2.46. The Morgan fingerprint density at radius 1 is 1.39 bits per heavy atom. The normalized spacial score (nSPS) is 23.3. The fraction of sp³-hybridized carbons (Fsp3) is 0.571. The molecule has 1 saturated heterocycles. The Hall–Kier alpha value is -1.13. The average Bonchev–Trinajstić information content (AvgIpc) is 2.79. The Morgan fingerprint density at radius 3 is 2.72 bits per heavy atom. The summed E-state index contributed by atoms with van der Waals surface area (Å²) >= 11 is 0. The number of halogens is 1. The van der Waals surface area contributed by atoms with Crippen molar-refractivity contribution in [3.05, 3.63) is 29.1 Å². The highest BCUT2D eigenvalue weighted by Crippen LogP contribution is 2.36. The lowest BCUT2D eigenvalue weighted by molar-refractivity contribution is 0.177. The van der Waals surface area contributed by atoms with Gasteiger partial charge in [0.15, 0.2) is 0 Å². The largest absolute Gasteiger partial charge is 0.496 e. The van der Waals surface area contributed by atoms with Gasteiger partial charge in [0, 0.05) is 18.2 Å². The van der Waals surface area contributed by atoms with E-state index in [4.69, 9.17) is 9.47 Å². The molecule has 1 aliphatic rings. The molecular formula is C14H20FNO2. The van der Waals surface area contributed by atoms with Crippen LogP contribution in [-0.2, 0) is 16.9 Å². The zero-order valence-corrected chi connectivity index (χ0v) is 11.2. The Kier molecular flexibility index (Phi) is 3.88. The fourth-order valence-corrected chi connectivity index (χ4v) is 2.62. The zero-order chi connectivity index (χ0) is 13.2. The molecule has 1 heterocycles. The molecule has 0 saturated carbocycles. The summed E-state index contributed by atoms with van der Waals surface area (Å²) in [4.78, 5) is 0. The molecule has 3 nitrogen and oxygen atoms in total. The maximum atomic E-state index is 14.6. The lowest BCUT2D eigenvalue weighted by atomic mass is 9.88. The number of ether oxygens (including phenoxy) is 2. The standard InChI is InChI=1S/C14H20FNO2/c1-14(7-4-8-16-14)11-5-6-12(18-3)10(9-17-2)13(11)15/h5-6,16H,4,7-9H2,1-3H3. The minimum atomic E-state index is -0.279. The van der Waals surface area contributed by atoms with Crippen molar-refractivity contribution in [3.63, 3.8) is 0 Å². The van der Waals surface area contributed by atoms with Crippen LogP contribution in [-0.4, -0.2) is 20.8 Å². The van der Waals surface area contributed by atoms with Gasteiger partial charge >= 0.3 is 0 Å². The van der Waals surface area contributed by atoms with E-state index in [9.17, 15) is 4.39 Å². The minimum Gasteiger partial charge on any atom is -0.496 e. The summed E-state index contributed by atoms with van der Waals surface area (Å²) < 4.78 is 24.9. The molecule has 0 bridgehead atoms. The van der Waals surface area contributed by atoms with Gasteiger partial charge in [-0.3, -0.25) is 0 Å². The van der Waals surface area contributed by atoms with E-state index in [0.29, 0.717) is 16.9 Å². The molecule has 100 valence electrons. The second kappa shape index (κ2) is 5.24.